The third kappa shape index (κ3) is 4.04. The first kappa shape index (κ1) is 19.5. The van der Waals surface area contributed by atoms with Crippen molar-refractivity contribution in [3.05, 3.63) is 59.2 Å². The Morgan fingerprint density at radius 3 is 2.31 bits per heavy atom. The maximum absolute atomic E-state index is 12.3. The molecule has 2 rings (SSSR count). The summed E-state index contributed by atoms with van der Waals surface area (Å²) in [5, 5.41) is 19.2. The van der Waals surface area contributed by atoms with Gasteiger partial charge in [-0.2, -0.15) is 0 Å². The number of phenolic OH excluding ortho intramolecular Hbond substituents is 1. The molecule has 26 heavy (non-hydrogen) atoms. The highest BCUT2D eigenvalue weighted by atomic mass is 16.5. The Labute approximate surface area is 153 Å². The van der Waals surface area contributed by atoms with Crippen LogP contribution in [0.1, 0.15) is 36.5 Å². The van der Waals surface area contributed by atoms with Crippen molar-refractivity contribution >= 4 is 11.8 Å². The molecule has 0 saturated carbocycles. The van der Waals surface area contributed by atoms with Gasteiger partial charge in [-0.05, 0) is 68.5 Å². The van der Waals surface area contributed by atoms with Crippen molar-refractivity contribution in [2.24, 2.45) is 0 Å². The summed E-state index contributed by atoms with van der Waals surface area (Å²) in [7, 11) is 0. The zero-order chi connectivity index (χ0) is 19.3. The number of ketones is 1. The Balaban J connectivity index is 2.15. The minimum absolute atomic E-state index is 0.0230. The lowest BCUT2D eigenvalue weighted by Crippen LogP contribution is -2.42. The third-order valence-electron chi connectivity index (χ3n) is 4.62. The molecule has 2 aromatic carbocycles. The number of benzene rings is 2. The van der Waals surface area contributed by atoms with Crippen LogP contribution in [-0.2, 0) is 15.0 Å². The van der Waals surface area contributed by atoms with Gasteiger partial charge in [-0.15, -0.1) is 0 Å². The number of ether oxygens (including phenoxy) is 1. The van der Waals surface area contributed by atoms with E-state index >= 15 is 0 Å². The van der Waals surface area contributed by atoms with Crippen molar-refractivity contribution in [2.75, 3.05) is 6.61 Å². The number of hydrogen-bond acceptors (Lipinski definition) is 4. The molecule has 0 heterocycles. The Kier molecular flexibility index (Phi) is 6.03. The lowest BCUT2D eigenvalue weighted by atomic mass is 9.73. The summed E-state index contributed by atoms with van der Waals surface area (Å²) in [6, 6.07) is 11.7. The van der Waals surface area contributed by atoms with E-state index in [1.807, 2.05) is 32.0 Å². The number of carbonyl (C=O) groups excluding carboxylic acids is 1. The van der Waals surface area contributed by atoms with E-state index in [4.69, 9.17) is 4.74 Å². The molecular formula is C21H24O5. The predicted octanol–water partition coefficient (Wildman–Crippen LogP) is 3.78. The molecule has 0 aromatic heterocycles. The number of carboxylic acid groups (broad SMARTS) is 1. The maximum Gasteiger partial charge on any atom is 0.321 e. The molecule has 0 spiro atoms. The van der Waals surface area contributed by atoms with Gasteiger partial charge in [-0.1, -0.05) is 24.3 Å². The summed E-state index contributed by atoms with van der Waals surface area (Å²) in [6.45, 7) is 5.52. The second-order valence-corrected chi connectivity index (χ2v) is 6.53. The Morgan fingerprint density at radius 1 is 1.08 bits per heavy atom. The van der Waals surface area contributed by atoms with Crippen molar-refractivity contribution in [3.8, 4) is 11.5 Å². The van der Waals surface area contributed by atoms with Crippen LogP contribution in [-0.4, -0.2) is 28.6 Å². The molecule has 5 nitrogen and oxygen atoms in total. The van der Waals surface area contributed by atoms with Gasteiger partial charge < -0.3 is 14.9 Å². The number of phenols is 1. The van der Waals surface area contributed by atoms with E-state index in [1.165, 1.54) is 31.2 Å². The van der Waals surface area contributed by atoms with Crippen LogP contribution >= 0.6 is 0 Å². The fraction of sp³-hybridized carbons (Fsp3) is 0.333. The number of aliphatic carboxylic acids is 1. The Hall–Kier alpha value is -2.82. The number of Topliss-reactive ketones (excluding diaryl/α,β-unsaturated/α-hetero) is 1. The molecule has 2 N–H and O–H groups in total. The molecule has 2 aromatic rings. The zero-order valence-electron chi connectivity index (χ0n) is 15.3. The van der Waals surface area contributed by atoms with Crippen molar-refractivity contribution < 1.29 is 24.5 Å². The van der Waals surface area contributed by atoms with Crippen LogP contribution in [0, 0.1) is 13.8 Å². The van der Waals surface area contributed by atoms with E-state index in [1.54, 1.807) is 0 Å². The SMILES string of the molecule is CC(=O)C(CCCOc1cc(C)ccc1C)(C(=O)O)c1ccc(O)cc1. The minimum atomic E-state index is -1.64. The van der Waals surface area contributed by atoms with E-state index in [0.29, 0.717) is 18.6 Å². The van der Waals surface area contributed by atoms with Crippen LogP contribution in [0.5, 0.6) is 11.5 Å². The Bertz CT molecular complexity index is 779. The van der Waals surface area contributed by atoms with E-state index in [2.05, 4.69) is 0 Å². The number of aryl methyl sites for hydroxylation is 2. The first-order valence-electron chi connectivity index (χ1n) is 8.51. The van der Waals surface area contributed by atoms with Gasteiger partial charge in [0.2, 0.25) is 0 Å². The van der Waals surface area contributed by atoms with Gasteiger partial charge in [0.1, 0.15) is 11.5 Å². The van der Waals surface area contributed by atoms with Crippen LogP contribution in [0.4, 0.5) is 0 Å². The van der Waals surface area contributed by atoms with Crippen LogP contribution in [0.2, 0.25) is 0 Å². The van der Waals surface area contributed by atoms with E-state index in [9.17, 15) is 19.8 Å². The summed E-state index contributed by atoms with van der Waals surface area (Å²) in [4.78, 5) is 24.3. The molecule has 0 aliphatic carbocycles. The largest absolute Gasteiger partial charge is 0.508 e. The van der Waals surface area contributed by atoms with Crippen LogP contribution in [0.15, 0.2) is 42.5 Å². The fourth-order valence-electron chi connectivity index (χ4n) is 3.03. The number of aromatic hydroxyl groups is 1. The standard InChI is InChI=1S/C21H24O5/c1-14-5-6-15(2)19(13-14)26-12-4-11-21(16(3)22,20(24)25)17-7-9-18(23)10-8-17/h5-10,13,23H,4,11-12H2,1-3H3,(H,24,25). The van der Waals surface area contributed by atoms with Gasteiger partial charge in [-0.25, -0.2) is 0 Å². The summed E-state index contributed by atoms with van der Waals surface area (Å²) < 4.78 is 5.78. The second kappa shape index (κ2) is 8.04. The van der Waals surface area contributed by atoms with E-state index in [0.717, 1.165) is 16.9 Å². The molecule has 0 aliphatic rings. The van der Waals surface area contributed by atoms with Crippen LogP contribution in [0.25, 0.3) is 0 Å². The molecule has 0 aliphatic heterocycles. The first-order chi connectivity index (χ1) is 12.3. The molecule has 0 bridgehead atoms. The average Bonchev–Trinajstić information content (AvgIpc) is 2.58. The van der Waals surface area contributed by atoms with Crippen LogP contribution in [0.3, 0.4) is 0 Å². The normalized spacial score (nSPS) is 13.0. The van der Waals surface area contributed by atoms with Gasteiger partial charge >= 0.3 is 5.97 Å². The molecule has 5 heteroatoms. The quantitative estimate of drug-likeness (QED) is 0.555. The number of carboxylic acids is 1. The van der Waals surface area contributed by atoms with Crippen LogP contribution < -0.4 is 4.74 Å². The van der Waals surface area contributed by atoms with E-state index < -0.39 is 17.2 Å². The maximum atomic E-state index is 12.3. The van der Waals surface area contributed by atoms with Gasteiger partial charge in [0.05, 0.1) is 6.61 Å². The van der Waals surface area contributed by atoms with Crippen molar-refractivity contribution in [2.45, 2.75) is 39.0 Å². The molecule has 0 saturated heterocycles. The number of carbonyl (C=O) groups is 2. The summed E-state index contributed by atoms with van der Waals surface area (Å²) >= 11 is 0. The topological polar surface area (TPSA) is 83.8 Å². The molecular weight excluding hydrogens is 332 g/mol. The van der Waals surface area contributed by atoms with Gasteiger partial charge in [-0.3, -0.25) is 9.59 Å². The van der Waals surface area contributed by atoms with Gasteiger partial charge in [0.25, 0.3) is 0 Å². The summed E-state index contributed by atoms with van der Waals surface area (Å²) in [6.07, 6.45) is 0.521. The molecule has 1 unspecified atom stereocenters. The monoisotopic (exact) mass is 356 g/mol. The van der Waals surface area contributed by atoms with Gasteiger partial charge in [0, 0.05) is 0 Å². The summed E-state index contributed by atoms with van der Waals surface area (Å²) in [5.41, 5.74) is 0.809. The molecule has 0 radical (unpaired) electrons. The lowest BCUT2D eigenvalue weighted by molar-refractivity contribution is -0.148. The average molecular weight is 356 g/mol. The van der Waals surface area contributed by atoms with Crippen molar-refractivity contribution in [3.63, 3.8) is 0 Å². The predicted molar refractivity (Wildman–Crippen MR) is 98.7 cm³/mol. The first-order valence-corrected chi connectivity index (χ1v) is 8.51. The molecule has 0 amide bonds. The summed E-state index contributed by atoms with van der Waals surface area (Å²) in [5.74, 6) is -0.849. The second-order valence-electron chi connectivity index (χ2n) is 6.53. The highest BCUT2D eigenvalue weighted by Crippen LogP contribution is 2.32. The third-order valence-corrected chi connectivity index (χ3v) is 4.62. The van der Waals surface area contributed by atoms with Gasteiger partial charge in [0.15, 0.2) is 11.2 Å². The van der Waals surface area contributed by atoms with Crippen molar-refractivity contribution in [1.82, 2.24) is 0 Å². The highest BCUT2D eigenvalue weighted by Gasteiger charge is 2.44. The Morgan fingerprint density at radius 2 is 1.73 bits per heavy atom. The lowest BCUT2D eigenvalue weighted by Gasteiger charge is -2.27. The number of rotatable bonds is 8. The van der Waals surface area contributed by atoms with E-state index in [-0.39, 0.29) is 12.2 Å². The smallest absolute Gasteiger partial charge is 0.321 e. The highest BCUT2D eigenvalue weighted by molar-refractivity contribution is 6.08. The fourth-order valence-corrected chi connectivity index (χ4v) is 3.03. The number of hydrogen-bond donors (Lipinski definition) is 2. The zero-order valence-corrected chi connectivity index (χ0v) is 15.3. The van der Waals surface area contributed by atoms with Crippen molar-refractivity contribution in [1.29, 1.82) is 0 Å². The molecule has 1 atom stereocenters. The minimum Gasteiger partial charge on any atom is -0.508 e. The molecule has 0 fully saturated rings. The molecule has 138 valence electrons.